The molecule has 0 fully saturated rings. The molecule has 5 heteroatoms. The number of aromatic nitrogens is 1. The number of nitrogens with zero attached hydrogens (tertiary/aromatic N) is 3. The molecule has 3 aromatic heterocycles. The summed E-state index contributed by atoms with van der Waals surface area (Å²) in [5.74, 6) is 0.710. The Hall–Kier alpha value is -7.50. The van der Waals surface area contributed by atoms with Crippen molar-refractivity contribution in [3.05, 3.63) is 199 Å². The molecule has 0 radical (unpaired) electrons. The highest BCUT2D eigenvalue weighted by Crippen LogP contribution is 2.42. The molecular formula is C52H33N3O2. The number of aliphatic imine (C=N–C) groups is 2. The largest absolute Gasteiger partial charge is 0.456 e. The van der Waals surface area contributed by atoms with Crippen LogP contribution in [0, 0.1) is 0 Å². The fraction of sp³-hybridized carbons (Fsp3) is 0.0385. The lowest BCUT2D eigenvalue weighted by atomic mass is 9.93. The Labute approximate surface area is 327 Å². The standard InChI is InChI=1S/C52H33N3O2/c1-3-13-32(14-4-1)34-17-11-18-35(29-34)44-31-43(33-15-5-2-6-16-33)53-52(54-44)42-21-12-24-47-49(42)41-26-25-36(30-48(41)56-47)55-45-22-9-7-19-37(45)39-27-28-40-38-20-8-10-23-46(38)57-51(40)50(39)55/h1-30,43H,31H2. The average Bonchev–Trinajstić information content (AvgIpc) is 3.96. The van der Waals surface area contributed by atoms with E-state index < -0.39 is 0 Å². The van der Waals surface area contributed by atoms with E-state index in [2.05, 4.69) is 162 Å². The van der Waals surface area contributed by atoms with Crippen molar-refractivity contribution >= 4 is 77.2 Å². The second-order valence-corrected chi connectivity index (χ2v) is 14.8. The van der Waals surface area contributed by atoms with Crippen LogP contribution in [0.3, 0.4) is 0 Å². The minimum absolute atomic E-state index is 0.0838. The summed E-state index contributed by atoms with van der Waals surface area (Å²) in [5.41, 5.74) is 13.1. The topological polar surface area (TPSA) is 55.9 Å². The van der Waals surface area contributed by atoms with E-state index >= 15 is 0 Å². The van der Waals surface area contributed by atoms with E-state index in [-0.39, 0.29) is 6.04 Å². The van der Waals surface area contributed by atoms with Crippen LogP contribution in [0.5, 0.6) is 0 Å². The zero-order valence-corrected chi connectivity index (χ0v) is 30.8. The minimum Gasteiger partial charge on any atom is -0.456 e. The van der Waals surface area contributed by atoms with Crippen molar-refractivity contribution < 1.29 is 8.83 Å². The molecule has 8 aromatic carbocycles. The van der Waals surface area contributed by atoms with Crippen molar-refractivity contribution in [2.75, 3.05) is 0 Å². The average molecular weight is 732 g/mol. The number of para-hydroxylation sites is 2. The van der Waals surface area contributed by atoms with Gasteiger partial charge in [-0.05, 0) is 64.7 Å². The lowest BCUT2D eigenvalue weighted by Crippen LogP contribution is -2.17. The second kappa shape index (κ2) is 12.5. The van der Waals surface area contributed by atoms with Gasteiger partial charge in [-0.2, -0.15) is 0 Å². The van der Waals surface area contributed by atoms with Crippen LogP contribution >= 0.6 is 0 Å². The molecule has 5 nitrogen and oxygen atoms in total. The molecule has 0 saturated heterocycles. The molecule has 1 unspecified atom stereocenters. The zero-order valence-electron chi connectivity index (χ0n) is 30.8. The van der Waals surface area contributed by atoms with E-state index in [9.17, 15) is 0 Å². The Morgan fingerprint density at radius 2 is 1.19 bits per heavy atom. The first-order chi connectivity index (χ1) is 28.2. The SMILES string of the molecule is c1ccc(-c2cccc(C3=NC(c4cccc5oc6cc(-n7c8ccccc8c8ccc9c%10ccccc%10oc9c87)ccc6c45)=NC(c4ccccc4)C3)c2)cc1. The van der Waals surface area contributed by atoms with Crippen LogP contribution in [-0.4, -0.2) is 16.1 Å². The van der Waals surface area contributed by atoms with Gasteiger partial charge >= 0.3 is 0 Å². The van der Waals surface area contributed by atoms with E-state index in [4.69, 9.17) is 18.8 Å². The lowest BCUT2D eigenvalue weighted by Gasteiger charge is -2.22. The fourth-order valence-electron chi connectivity index (χ4n) is 8.91. The molecular weight excluding hydrogens is 699 g/mol. The van der Waals surface area contributed by atoms with Gasteiger partial charge in [-0.3, -0.25) is 4.99 Å². The van der Waals surface area contributed by atoms with Crippen LogP contribution in [0.1, 0.15) is 29.2 Å². The maximum absolute atomic E-state index is 6.73. The van der Waals surface area contributed by atoms with Crippen molar-refractivity contribution in [1.82, 2.24) is 4.57 Å². The Kier molecular flexibility index (Phi) is 6.99. The lowest BCUT2D eigenvalue weighted by molar-refractivity contribution is 0.667. The molecule has 268 valence electrons. The third kappa shape index (κ3) is 5.02. The van der Waals surface area contributed by atoms with Gasteiger partial charge in [0.1, 0.15) is 16.7 Å². The number of benzene rings is 8. The van der Waals surface area contributed by atoms with Crippen molar-refractivity contribution in [2.45, 2.75) is 12.5 Å². The summed E-state index contributed by atoms with van der Waals surface area (Å²) < 4.78 is 15.7. The Morgan fingerprint density at radius 1 is 0.491 bits per heavy atom. The van der Waals surface area contributed by atoms with Crippen LogP contribution in [0.4, 0.5) is 0 Å². The molecule has 0 bridgehead atoms. The summed E-state index contributed by atoms with van der Waals surface area (Å²) in [6.07, 6.45) is 0.703. The minimum atomic E-state index is -0.0838. The van der Waals surface area contributed by atoms with Crippen LogP contribution in [0.2, 0.25) is 0 Å². The first kappa shape index (κ1) is 31.8. The molecule has 0 N–H and O–H groups in total. The van der Waals surface area contributed by atoms with Gasteiger partial charge in [0.2, 0.25) is 0 Å². The number of hydrogen-bond donors (Lipinski definition) is 0. The summed E-state index contributed by atoms with van der Waals surface area (Å²) in [6.45, 7) is 0. The smallest absolute Gasteiger partial charge is 0.160 e. The van der Waals surface area contributed by atoms with Gasteiger partial charge in [0.25, 0.3) is 0 Å². The maximum Gasteiger partial charge on any atom is 0.160 e. The van der Waals surface area contributed by atoms with Gasteiger partial charge < -0.3 is 13.4 Å². The fourth-order valence-corrected chi connectivity index (χ4v) is 8.91. The third-order valence-electron chi connectivity index (χ3n) is 11.6. The third-order valence-corrected chi connectivity index (χ3v) is 11.6. The van der Waals surface area contributed by atoms with E-state index in [1.165, 1.54) is 22.1 Å². The molecule has 11 aromatic rings. The normalized spacial score (nSPS) is 14.6. The number of rotatable bonds is 5. The van der Waals surface area contributed by atoms with Gasteiger partial charge in [0, 0.05) is 50.4 Å². The highest BCUT2D eigenvalue weighted by Gasteiger charge is 2.25. The predicted octanol–water partition coefficient (Wildman–Crippen LogP) is 13.6. The summed E-state index contributed by atoms with van der Waals surface area (Å²) in [5, 5.41) is 6.57. The van der Waals surface area contributed by atoms with Gasteiger partial charge in [0.15, 0.2) is 11.4 Å². The number of amidine groups is 1. The highest BCUT2D eigenvalue weighted by molar-refractivity contribution is 6.24. The summed E-state index contributed by atoms with van der Waals surface area (Å²) >= 11 is 0. The molecule has 1 aliphatic heterocycles. The molecule has 0 saturated carbocycles. The van der Waals surface area contributed by atoms with Crippen LogP contribution in [-0.2, 0) is 0 Å². The first-order valence-corrected chi connectivity index (χ1v) is 19.4. The highest BCUT2D eigenvalue weighted by atomic mass is 16.3. The van der Waals surface area contributed by atoms with E-state index in [1.54, 1.807) is 0 Å². The summed E-state index contributed by atoms with van der Waals surface area (Å²) in [4.78, 5) is 10.7. The Morgan fingerprint density at radius 3 is 2.09 bits per heavy atom. The molecule has 0 spiro atoms. The summed E-state index contributed by atoms with van der Waals surface area (Å²) in [6, 6.07) is 63.7. The Bertz CT molecular complexity index is 3440. The Balaban J connectivity index is 1.04. The predicted molar refractivity (Wildman–Crippen MR) is 234 cm³/mol. The van der Waals surface area contributed by atoms with E-state index in [0.717, 1.165) is 82.8 Å². The van der Waals surface area contributed by atoms with Crippen LogP contribution in [0.15, 0.2) is 201 Å². The molecule has 12 rings (SSSR count). The molecule has 57 heavy (non-hydrogen) atoms. The molecule has 0 aliphatic carbocycles. The maximum atomic E-state index is 6.73. The van der Waals surface area contributed by atoms with E-state index in [0.29, 0.717) is 12.3 Å². The van der Waals surface area contributed by atoms with Gasteiger partial charge in [-0.1, -0.05) is 133 Å². The van der Waals surface area contributed by atoms with Gasteiger partial charge in [-0.25, -0.2) is 4.99 Å². The molecule has 0 amide bonds. The van der Waals surface area contributed by atoms with Crippen molar-refractivity contribution in [1.29, 1.82) is 0 Å². The summed E-state index contributed by atoms with van der Waals surface area (Å²) in [7, 11) is 0. The number of hydrogen-bond acceptors (Lipinski definition) is 4. The second-order valence-electron chi connectivity index (χ2n) is 14.8. The number of furan rings is 2. The van der Waals surface area contributed by atoms with Crippen LogP contribution < -0.4 is 0 Å². The van der Waals surface area contributed by atoms with Gasteiger partial charge in [0.05, 0.1) is 28.5 Å². The first-order valence-electron chi connectivity index (χ1n) is 19.4. The molecule has 4 heterocycles. The molecule has 1 atom stereocenters. The number of fused-ring (bicyclic) bond motifs is 10. The van der Waals surface area contributed by atoms with Crippen molar-refractivity contribution in [2.24, 2.45) is 9.98 Å². The van der Waals surface area contributed by atoms with E-state index in [1.807, 2.05) is 24.3 Å². The van der Waals surface area contributed by atoms with Gasteiger partial charge in [-0.15, -0.1) is 0 Å². The molecule has 1 aliphatic rings. The monoisotopic (exact) mass is 731 g/mol. The zero-order chi connectivity index (χ0) is 37.5. The van der Waals surface area contributed by atoms with Crippen LogP contribution in [0.25, 0.3) is 82.5 Å². The van der Waals surface area contributed by atoms with Crippen molar-refractivity contribution in [3.63, 3.8) is 0 Å². The van der Waals surface area contributed by atoms with Crippen molar-refractivity contribution in [3.8, 4) is 16.8 Å². The quantitative estimate of drug-likeness (QED) is 0.177.